The molecule has 0 aromatic heterocycles. The lowest BCUT2D eigenvalue weighted by atomic mass is 9.46. The minimum absolute atomic E-state index is 0.000985. The number of rotatable bonds is 6. The van der Waals surface area contributed by atoms with E-state index in [0.29, 0.717) is 35.3 Å². The summed E-state index contributed by atoms with van der Waals surface area (Å²) in [6, 6.07) is 0. The van der Waals surface area contributed by atoms with Crippen molar-refractivity contribution in [1.82, 2.24) is 0 Å². The van der Waals surface area contributed by atoms with Gasteiger partial charge in [-0.15, -0.1) is 11.6 Å². The topological polar surface area (TPSA) is 43.1 Å². The van der Waals surface area contributed by atoms with Crippen LogP contribution in [0.5, 0.6) is 0 Å². The third-order valence-corrected chi connectivity index (χ3v) is 10.9. The number of alkyl halides is 1. The van der Waals surface area contributed by atoms with Crippen LogP contribution in [0.1, 0.15) is 105 Å². The number of hydrogen-bond donors (Lipinski definition) is 0. The quantitative estimate of drug-likeness (QED) is 0.232. The molecule has 0 saturated heterocycles. The predicted octanol–water partition coefficient (Wildman–Crippen LogP) is 8.24. The van der Waals surface area contributed by atoms with Gasteiger partial charge in [-0.05, 0) is 91.3 Å². The maximum absolute atomic E-state index is 12.2. The highest BCUT2D eigenvalue weighted by Gasteiger charge is 2.61. The Hall–Kier alpha value is -0.570. The van der Waals surface area contributed by atoms with Crippen LogP contribution in [-0.2, 0) is 0 Å². The van der Waals surface area contributed by atoms with Gasteiger partial charge >= 0.3 is 0 Å². The van der Waals surface area contributed by atoms with E-state index in [1.807, 2.05) is 0 Å². The zero-order chi connectivity index (χ0) is 22.6. The lowest BCUT2D eigenvalue weighted by Gasteiger charge is -2.58. The fourth-order valence-electron chi connectivity index (χ4n) is 8.94. The molecule has 0 spiro atoms. The lowest BCUT2D eigenvalue weighted by Crippen LogP contribution is -2.52. The van der Waals surface area contributed by atoms with Gasteiger partial charge in [-0.1, -0.05) is 53.9 Å². The van der Waals surface area contributed by atoms with Gasteiger partial charge in [0.1, 0.15) is 0 Å². The van der Waals surface area contributed by atoms with Crippen LogP contribution in [0.2, 0.25) is 0 Å². The molecule has 31 heavy (non-hydrogen) atoms. The molecule has 0 aromatic carbocycles. The standard InChI is InChI=1S/C27H44ClNO2/c1-17(2)7-6-8-18(3)21-9-10-22-20-16-25(29(30)31)24-15-19(28)11-13-27(24,5)23(20)12-14-26(21,22)4/h17-23H,6-16H2,1-5H3/t18-,19-,20-,21+,22-,23-,26+,27+/m0/s1. The summed E-state index contributed by atoms with van der Waals surface area (Å²) in [4.78, 5) is 12.1. The van der Waals surface area contributed by atoms with E-state index in [1.54, 1.807) is 0 Å². The summed E-state index contributed by atoms with van der Waals surface area (Å²) in [5.74, 6) is 4.13. The minimum atomic E-state index is -0.0361. The van der Waals surface area contributed by atoms with Crippen molar-refractivity contribution in [3.05, 3.63) is 21.4 Å². The van der Waals surface area contributed by atoms with Gasteiger partial charge in [0, 0.05) is 17.4 Å². The van der Waals surface area contributed by atoms with E-state index in [-0.39, 0.29) is 15.7 Å². The smallest absolute Gasteiger partial charge is 0.246 e. The highest BCUT2D eigenvalue weighted by atomic mass is 35.5. The Morgan fingerprint density at radius 3 is 2.45 bits per heavy atom. The molecule has 0 radical (unpaired) electrons. The van der Waals surface area contributed by atoms with Crippen molar-refractivity contribution < 1.29 is 4.92 Å². The SMILES string of the molecule is CC(C)CCC[C@H](C)[C@H]1CC[C@H]2[C@@H]3CC([N+](=O)[O-])=C4C[C@@H](Cl)CC[C@]4(C)[C@H]3CC[C@]12C. The first-order chi connectivity index (χ1) is 14.6. The van der Waals surface area contributed by atoms with Crippen molar-refractivity contribution in [2.45, 2.75) is 111 Å². The van der Waals surface area contributed by atoms with Crippen LogP contribution in [0.4, 0.5) is 0 Å². The molecular weight excluding hydrogens is 406 g/mol. The highest BCUT2D eigenvalue weighted by molar-refractivity contribution is 6.20. The molecule has 0 bridgehead atoms. The number of nitro groups is 1. The Morgan fingerprint density at radius 2 is 1.77 bits per heavy atom. The molecule has 3 saturated carbocycles. The maximum Gasteiger partial charge on any atom is 0.246 e. The number of nitrogens with zero attached hydrogens (tertiary/aromatic N) is 1. The van der Waals surface area contributed by atoms with Crippen molar-refractivity contribution in [1.29, 1.82) is 0 Å². The van der Waals surface area contributed by atoms with Crippen molar-refractivity contribution in [3.63, 3.8) is 0 Å². The first-order valence-electron chi connectivity index (χ1n) is 13.1. The van der Waals surface area contributed by atoms with Crippen LogP contribution in [0.15, 0.2) is 11.3 Å². The van der Waals surface area contributed by atoms with Crippen LogP contribution < -0.4 is 0 Å². The molecule has 4 rings (SSSR count). The molecule has 176 valence electrons. The Labute approximate surface area is 194 Å². The maximum atomic E-state index is 12.2. The largest absolute Gasteiger partial charge is 0.259 e. The zero-order valence-electron chi connectivity index (χ0n) is 20.5. The third kappa shape index (κ3) is 4.00. The molecule has 0 N–H and O–H groups in total. The second-order valence-corrected chi connectivity index (χ2v) is 13.2. The van der Waals surface area contributed by atoms with E-state index in [9.17, 15) is 10.1 Å². The lowest BCUT2D eigenvalue weighted by molar-refractivity contribution is -0.434. The fraction of sp³-hybridized carbons (Fsp3) is 0.926. The van der Waals surface area contributed by atoms with Crippen LogP contribution in [0.3, 0.4) is 0 Å². The summed E-state index contributed by atoms with van der Waals surface area (Å²) in [5, 5.41) is 12.2. The van der Waals surface area contributed by atoms with Crippen molar-refractivity contribution in [2.75, 3.05) is 0 Å². The van der Waals surface area contributed by atoms with Crippen molar-refractivity contribution in [2.24, 2.45) is 46.3 Å². The normalized spacial score (nSPS) is 43.4. The van der Waals surface area contributed by atoms with Crippen LogP contribution in [0.25, 0.3) is 0 Å². The molecule has 3 nitrogen and oxygen atoms in total. The summed E-state index contributed by atoms with van der Waals surface area (Å²) in [5.41, 5.74) is 2.04. The summed E-state index contributed by atoms with van der Waals surface area (Å²) < 4.78 is 0. The number of hydrogen-bond acceptors (Lipinski definition) is 2. The van der Waals surface area contributed by atoms with Gasteiger partial charge in [-0.3, -0.25) is 10.1 Å². The van der Waals surface area contributed by atoms with E-state index < -0.39 is 0 Å². The van der Waals surface area contributed by atoms with Crippen molar-refractivity contribution >= 4 is 11.6 Å². The van der Waals surface area contributed by atoms with E-state index >= 15 is 0 Å². The van der Waals surface area contributed by atoms with Crippen LogP contribution in [0, 0.1) is 56.5 Å². The van der Waals surface area contributed by atoms with E-state index in [0.717, 1.165) is 42.6 Å². The highest BCUT2D eigenvalue weighted by Crippen LogP contribution is 2.68. The van der Waals surface area contributed by atoms with Gasteiger partial charge in [0.25, 0.3) is 0 Å². The third-order valence-electron chi connectivity index (χ3n) is 10.5. The van der Waals surface area contributed by atoms with Gasteiger partial charge in [0.2, 0.25) is 5.70 Å². The average Bonchev–Trinajstić information content (AvgIpc) is 3.05. The number of halogens is 1. The zero-order valence-corrected chi connectivity index (χ0v) is 21.2. The number of allylic oxidation sites excluding steroid dienone is 2. The Bertz CT molecular complexity index is 733. The van der Waals surface area contributed by atoms with Gasteiger partial charge in [-0.25, -0.2) is 0 Å². The molecule has 4 aliphatic rings. The predicted molar refractivity (Wildman–Crippen MR) is 129 cm³/mol. The second kappa shape index (κ2) is 8.65. The van der Waals surface area contributed by atoms with Gasteiger partial charge in [0.05, 0.1) is 4.92 Å². The molecule has 0 heterocycles. The molecule has 0 aromatic rings. The Kier molecular flexibility index (Phi) is 6.58. The van der Waals surface area contributed by atoms with E-state index in [1.165, 1.54) is 44.9 Å². The molecule has 3 fully saturated rings. The molecular formula is C27H44ClNO2. The average molecular weight is 450 g/mol. The molecule has 8 atom stereocenters. The summed E-state index contributed by atoms with van der Waals surface area (Å²) >= 11 is 6.51. The molecule has 4 heteroatoms. The Balaban J connectivity index is 1.59. The summed E-state index contributed by atoms with van der Waals surface area (Å²) in [6.07, 6.45) is 12.7. The molecule has 4 aliphatic carbocycles. The molecule has 0 unspecified atom stereocenters. The first kappa shape index (κ1) is 23.6. The summed E-state index contributed by atoms with van der Waals surface area (Å²) in [7, 11) is 0. The van der Waals surface area contributed by atoms with Gasteiger partial charge < -0.3 is 0 Å². The van der Waals surface area contributed by atoms with E-state index in [2.05, 4.69) is 34.6 Å². The minimum Gasteiger partial charge on any atom is -0.259 e. The number of fused-ring (bicyclic) bond motifs is 5. The second-order valence-electron chi connectivity index (χ2n) is 12.6. The summed E-state index contributed by atoms with van der Waals surface area (Å²) in [6.45, 7) is 12.1. The van der Waals surface area contributed by atoms with Crippen molar-refractivity contribution in [3.8, 4) is 0 Å². The first-order valence-corrected chi connectivity index (χ1v) is 13.5. The molecule has 0 amide bonds. The fourth-order valence-corrected chi connectivity index (χ4v) is 9.20. The van der Waals surface area contributed by atoms with Crippen LogP contribution in [-0.4, -0.2) is 10.3 Å². The van der Waals surface area contributed by atoms with E-state index in [4.69, 9.17) is 11.6 Å². The van der Waals surface area contributed by atoms with Gasteiger partial charge in [0.15, 0.2) is 0 Å². The van der Waals surface area contributed by atoms with Gasteiger partial charge in [-0.2, -0.15) is 0 Å². The molecule has 0 aliphatic heterocycles. The van der Waals surface area contributed by atoms with Crippen LogP contribution >= 0.6 is 11.6 Å². The Morgan fingerprint density at radius 1 is 1.03 bits per heavy atom. The monoisotopic (exact) mass is 449 g/mol.